The lowest BCUT2D eigenvalue weighted by atomic mass is 10.2. The number of nitrogens with one attached hydrogen (secondary N) is 1. The molecule has 0 bridgehead atoms. The van der Waals surface area contributed by atoms with Gasteiger partial charge in [-0.3, -0.25) is 0 Å². The fourth-order valence-corrected chi connectivity index (χ4v) is 3.72. The summed E-state index contributed by atoms with van der Waals surface area (Å²) < 4.78 is 0. The second-order valence-corrected chi connectivity index (χ2v) is 6.69. The van der Waals surface area contributed by atoms with Gasteiger partial charge in [0.15, 0.2) is 0 Å². The van der Waals surface area contributed by atoms with Gasteiger partial charge in [0.25, 0.3) is 0 Å². The molecule has 1 N–H and O–H groups in total. The predicted octanol–water partition coefficient (Wildman–Crippen LogP) is 5.01. The van der Waals surface area contributed by atoms with Crippen LogP contribution in [0.4, 0.5) is 0 Å². The van der Waals surface area contributed by atoms with E-state index in [-0.39, 0.29) is 0 Å². The van der Waals surface area contributed by atoms with Gasteiger partial charge in [-0.25, -0.2) is 0 Å². The van der Waals surface area contributed by atoms with Gasteiger partial charge < -0.3 is 5.32 Å². The largest absolute Gasteiger partial charge is 0.314 e. The second-order valence-electron chi connectivity index (χ2n) is 4.71. The number of hydrogen-bond donors (Lipinski definition) is 1. The third kappa shape index (κ3) is 4.65. The third-order valence-corrected chi connectivity index (χ3v) is 5.08. The minimum absolute atomic E-state index is 0.756. The molecule has 0 unspecified atom stereocenters. The Morgan fingerprint density at radius 3 is 2.78 bits per heavy atom. The predicted molar refractivity (Wildman–Crippen MR) is 82.1 cm³/mol. The summed E-state index contributed by atoms with van der Waals surface area (Å²) in [6.45, 7) is 1.11. The van der Waals surface area contributed by atoms with Crippen molar-refractivity contribution in [2.45, 2.75) is 43.0 Å². The molecule has 0 atom stereocenters. The summed E-state index contributed by atoms with van der Waals surface area (Å²) in [6, 6.07) is 6.40. The second kappa shape index (κ2) is 7.64. The number of hydrogen-bond acceptors (Lipinski definition) is 2. The van der Waals surface area contributed by atoms with E-state index in [9.17, 15) is 0 Å². The van der Waals surface area contributed by atoms with Crippen molar-refractivity contribution in [3.05, 3.63) is 28.2 Å². The minimum Gasteiger partial charge on any atom is -0.314 e. The van der Waals surface area contributed by atoms with Crippen LogP contribution >= 0.6 is 35.0 Å². The molecule has 1 aliphatic rings. The van der Waals surface area contributed by atoms with Crippen molar-refractivity contribution in [1.82, 2.24) is 5.32 Å². The zero-order chi connectivity index (χ0) is 12.8. The molecule has 1 aliphatic carbocycles. The third-order valence-electron chi connectivity index (χ3n) is 3.26. The summed E-state index contributed by atoms with van der Waals surface area (Å²) in [5.74, 6) is 1.08. The van der Waals surface area contributed by atoms with Crippen LogP contribution < -0.4 is 5.32 Å². The van der Waals surface area contributed by atoms with Crippen molar-refractivity contribution >= 4 is 35.0 Å². The van der Waals surface area contributed by atoms with Crippen LogP contribution in [0.3, 0.4) is 0 Å². The number of halogens is 2. The molecular weight excluding hydrogens is 285 g/mol. The first-order valence-electron chi connectivity index (χ1n) is 6.57. The van der Waals surface area contributed by atoms with Gasteiger partial charge in [-0.1, -0.05) is 36.0 Å². The van der Waals surface area contributed by atoms with Crippen LogP contribution in [0.2, 0.25) is 10.0 Å². The summed E-state index contributed by atoms with van der Waals surface area (Å²) in [5, 5.41) is 5.18. The van der Waals surface area contributed by atoms with Crippen LogP contribution in [0.5, 0.6) is 0 Å². The summed E-state index contributed by atoms with van der Waals surface area (Å²) >= 11 is 13.9. The monoisotopic (exact) mass is 303 g/mol. The van der Waals surface area contributed by atoms with Crippen LogP contribution in [0.1, 0.15) is 32.1 Å². The first-order valence-corrected chi connectivity index (χ1v) is 8.31. The van der Waals surface area contributed by atoms with Gasteiger partial charge in [-0.05, 0) is 49.8 Å². The summed E-state index contributed by atoms with van der Waals surface area (Å²) in [7, 11) is 0. The van der Waals surface area contributed by atoms with Crippen LogP contribution in [0, 0.1) is 0 Å². The van der Waals surface area contributed by atoms with E-state index >= 15 is 0 Å². The normalized spacial score (nSPS) is 16.3. The van der Waals surface area contributed by atoms with Crippen molar-refractivity contribution < 1.29 is 0 Å². The molecule has 0 heterocycles. The Balaban J connectivity index is 1.64. The maximum Gasteiger partial charge on any atom is 0.0542 e. The lowest BCUT2D eigenvalue weighted by molar-refractivity contribution is 0.525. The van der Waals surface area contributed by atoms with Crippen LogP contribution in [-0.2, 0) is 0 Å². The molecule has 18 heavy (non-hydrogen) atoms. The highest BCUT2D eigenvalue weighted by molar-refractivity contribution is 7.99. The lowest BCUT2D eigenvalue weighted by Gasteiger charge is -2.11. The highest BCUT2D eigenvalue weighted by atomic mass is 35.5. The Hall–Kier alpha value is 0.110. The Kier molecular flexibility index (Phi) is 6.16. The maximum atomic E-state index is 6.12. The van der Waals surface area contributed by atoms with Gasteiger partial charge in [0.1, 0.15) is 0 Å². The summed E-state index contributed by atoms with van der Waals surface area (Å²) in [5.41, 5.74) is 0. The Morgan fingerprint density at radius 1 is 1.22 bits per heavy atom. The molecule has 1 nitrogen and oxygen atoms in total. The number of rotatable bonds is 6. The van der Waals surface area contributed by atoms with Crippen LogP contribution in [-0.4, -0.2) is 18.3 Å². The molecule has 1 aromatic carbocycles. The molecule has 1 fully saturated rings. The lowest BCUT2D eigenvalue weighted by Crippen LogP contribution is -2.27. The van der Waals surface area contributed by atoms with Crippen LogP contribution in [0.25, 0.3) is 0 Å². The molecule has 0 aliphatic heterocycles. The van der Waals surface area contributed by atoms with E-state index in [0.717, 1.165) is 33.3 Å². The van der Waals surface area contributed by atoms with Gasteiger partial charge in [-0.15, -0.1) is 11.8 Å². The van der Waals surface area contributed by atoms with Gasteiger partial charge in [0, 0.05) is 16.0 Å². The number of thioether (sulfide) groups is 1. The van der Waals surface area contributed by atoms with Crippen molar-refractivity contribution in [1.29, 1.82) is 0 Å². The van der Waals surface area contributed by atoms with Crippen molar-refractivity contribution in [3.63, 3.8) is 0 Å². The fourth-order valence-electron chi connectivity index (χ4n) is 2.28. The van der Waals surface area contributed by atoms with E-state index in [1.165, 1.54) is 32.1 Å². The SMILES string of the molecule is Clc1ccc(Cl)c(SCCCNC2CCCC2)c1. The molecule has 0 amide bonds. The zero-order valence-electron chi connectivity index (χ0n) is 10.4. The van der Waals surface area contributed by atoms with Gasteiger partial charge >= 0.3 is 0 Å². The Morgan fingerprint density at radius 2 is 2.00 bits per heavy atom. The zero-order valence-corrected chi connectivity index (χ0v) is 12.8. The fraction of sp³-hybridized carbons (Fsp3) is 0.571. The highest BCUT2D eigenvalue weighted by Crippen LogP contribution is 2.30. The summed E-state index contributed by atoms with van der Waals surface area (Å²) in [6.07, 6.45) is 6.67. The van der Waals surface area contributed by atoms with Crippen molar-refractivity contribution in [2.24, 2.45) is 0 Å². The molecule has 0 saturated heterocycles. The molecule has 0 radical (unpaired) electrons. The standard InChI is InChI=1S/C14H19Cl2NS/c15-11-6-7-13(16)14(10-11)18-9-3-8-17-12-4-1-2-5-12/h6-7,10,12,17H,1-5,8-9H2. The highest BCUT2D eigenvalue weighted by Gasteiger charge is 2.13. The Bertz CT molecular complexity index is 378. The average molecular weight is 304 g/mol. The van der Waals surface area contributed by atoms with Gasteiger partial charge in [-0.2, -0.15) is 0 Å². The van der Waals surface area contributed by atoms with E-state index in [1.807, 2.05) is 18.2 Å². The minimum atomic E-state index is 0.756. The molecule has 0 aromatic heterocycles. The van der Waals surface area contributed by atoms with Gasteiger partial charge in [0.05, 0.1) is 5.02 Å². The molecule has 1 aromatic rings. The maximum absolute atomic E-state index is 6.12. The van der Waals surface area contributed by atoms with E-state index in [2.05, 4.69) is 5.32 Å². The first kappa shape index (κ1) is 14.5. The average Bonchev–Trinajstić information content (AvgIpc) is 2.86. The van der Waals surface area contributed by atoms with Crippen molar-refractivity contribution in [3.8, 4) is 0 Å². The van der Waals surface area contributed by atoms with E-state index in [4.69, 9.17) is 23.2 Å². The van der Waals surface area contributed by atoms with Gasteiger partial charge in [0.2, 0.25) is 0 Å². The van der Waals surface area contributed by atoms with Crippen LogP contribution in [0.15, 0.2) is 23.1 Å². The first-order chi connectivity index (χ1) is 8.75. The van der Waals surface area contributed by atoms with Crippen molar-refractivity contribution in [2.75, 3.05) is 12.3 Å². The smallest absolute Gasteiger partial charge is 0.0542 e. The van der Waals surface area contributed by atoms with E-state index in [1.54, 1.807) is 11.8 Å². The topological polar surface area (TPSA) is 12.0 Å². The molecular formula is C14H19Cl2NS. The molecule has 0 spiro atoms. The summed E-state index contributed by atoms with van der Waals surface area (Å²) in [4.78, 5) is 1.09. The molecule has 1 saturated carbocycles. The number of benzene rings is 1. The molecule has 4 heteroatoms. The van der Waals surface area contributed by atoms with E-state index < -0.39 is 0 Å². The Labute approximate surface area is 124 Å². The quantitative estimate of drug-likeness (QED) is 0.586. The molecule has 2 rings (SSSR count). The molecule has 100 valence electrons. The van der Waals surface area contributed by atoms with E-state index in [0.29, 0.717) is 0 Å².